The van der Waals surface area contributed by atoms with Gasteiger partial charge >= 0.3 is 6.03 Å². The van der Waals surface area contributed by atoms with Crippen LogP contribution in [0.4, 0.5) is 16.3 Å². The molecule has 8 heteroatoms. The van der Waals surface area contributed by atoms with E-state index in [2.05, 4.69) is 39.7 Å². The smallest absolute Gasteiger partial charge is 0.329 e. The lowest BCUT2D eigenvalue weighted by Gasteiger charge is -2.36. The maximum atomic E-state index is 12.1. The molecular formula is C17H22N6O2. The molecule has 3 amide bonds. The zero-order valence-electron chi connectivity index (χ0n) is 14.5. The zero-order chi connectivity index (χ0) is 17.6. The number of hydrogen-bond acceptors (Lipinski definition) is 5. The molecule has 3 heterocycles. The van der Waals surface area contributed by atoms with E-state index in [0.29, 0.717) is 24.8 Å². The van der Waals surface area contributed by atoms with E-state index < -0.39 is 6.03 Å². The van der Waals surface area contributed by atoms with E-state index in [-0.39, 0.29) is 5.91 Å². The first-order valence-electron chi connectivity index (χ1n) is 8.60. The number of hydrogen-bond donors (Lipinski definition) is 2. The number of aromatic nitrogens is 2. The fourth-order valence-corrected chi connectivity index (χ4v) is 3.60. The van der Waals surface area contributed by atoms with Gasteiger partial charge in [-0.05, 0) is 25.1 Å². The van der Waals surface area contributed by atoms with Crippen molar-refractivity contribution in [3.63, 3.8) is 0 Å². The highest BCUT2D eigenvalue weighted by atomic mass is 16.2. The van der Waals surface area contributed by atoms with Gasteiger partial charge in [0.2, 0.25) is 5.91 Å². The third-order valence-electron chi connectivity index (χ3n) is 4.96. The lowest BCUT2D eigenvalue weighted by molar-refractivity contribution is -0.120. The van der Waals surface area contributed by atoms with Crippen molar-refractivity contribution in [1.82, 2.24) is 20.4 Å². The number of nitrogens with one attached hydrogen (secondary N) is 2. The maximum Gasteiger partial charge on any atom is 0.329 e. The van der Waals surface area contributed by atoms with Crippen molar-refractivity contribution in [3.8, 4) is 0 Å². The van der Waals surface area contributed by atoms with Crippen molar-refractivity contribution in [2.45, 2.75) is 19.4 Å². The van der Waals surface area contributed by atoms with E-state index in [4.69, 9.17) is 0 Å². The Morgan fingerprint density at radius 2 is 2.08 bits per heavy atom. The fourth-order valence-electron chi connectivity index (χ4n) is 3.60. The van der Waals surface area contributed by atoms with Gasteiger partial charge in [0, 0.05) is 56.8 Å². The Morgan fingerprint density at radius 1 is 1.24 bits per heavy atom. The fraction of sp³-hybridized carbons (Fsp3) is 0.471. The molecule has 25 heavy (non-hydrogen) atoms. The van der Waals surface area contributed by atoms with Gasteiger partial charge in [-0.1, -0.05) is 0 Å². The number of fused-ring (bicyclic) bond motifs is 1. The number of urea groups is 1. The highest BCUT2D eigenvalue weighted by molar-refractivity contribution is 6.09. The normalized spacial score (nSPS) is 21.8. The number of rotatable bonds is 2. The van der Waals surface area contributed by atoms with Crippen LogP contribution >= 0.6 is 0 Å². The molecule has 0 spiro atoms. The number of anilines is 2. The van der Waals surface area contributed by atoms with Crippen molar-refractivity contribution in [1.29, 1.82) is 0 Å². The van der Waals surface area contributed by atoms with Crippen LogP contribution in [0.1, 0.15) is 13.3 Å². The largest absolute Gasteiger partial charge is 0.366 e. The Bertz CT molecular complexity index is 845. The van der Waals surface area contributed by atoms with Gasteiger partial charge in [-0.15, -0.1) is 0 Å². The molecule has 0 saturated carbocycles. The van der Waals surface area contributed by atoms with Crippen molar-refractivity contribution in [2.75, 3.05) is 36.0 Å². The van der Waals surface area contributed by atoms with Gasteiger partial charge in [0.25, 0.3) is 0 Å². The molecule has 132 valence electrons. The van der Waals surface area contributed by atoms with E-state index in [1.54, 1.807) is 4.68 Å². The van der Waals surface area contributed by atoms with Gasteiger partial charge in [0.05, 0.1) is 5.52 Å². The molecule has 2 aromatic rings. The second-order valence-electron chi connectivity index (χ2n) is 6.65. The van der Waals surface area contributed by atoms with Gasteiger partial charge in [0.15, 0.2) is 5.82 Å². The summed E-state index contributed by atoms with van der Waals surface area (Å²) in [5.41, 5.74) is 2.14. The summed E-state index contributed by atoms with van der Waals surface area (Å²) in [5, 5.41) is 11.2. The van der Waals surface area contributed by atoms with Crippen LogP contribution in [0.2, 0.25) is 0 Å². The number of amides is 3. The summed E-state index contributed by atoms with van der Waals surface area (Å²) >= 11 is 0. The monoisotopic (exact) mass is 342 g/mol. The molecule has 8 nitrogen and oxygen atoms in total. The average Bonchev–Trinajstić information content (AvgIpc) is 2.91. The Kier molecular flexibility index (Phi) is 3.84. The number of aryl methyl sites for hydroxylation is 1. The Balaban J connectivity index is 1.71. The Hall–Kier alpha value is -2.61. The zero-order valence-corrected chi connectivity index (χ0v) is 14.5. The van der Waals surface area contributed by atoms with Crippen molar-refractivity contribution >= 4 is 34.3 Å². The number of piperazine rings is 1. The summed E-state index contributed by atoms with van der Waals surface area (Å²) in [7, 11) is 1.88. The van der Waals surface area contributed by atoms with Crippen LogP contribution in [0.5, 0.6) is 0 Å². The standard InChI is InChI=1S/C17H22N6O2/c1-11-10-18-6-8-22(11)12-3-4-13-14(9-12)21(2)20-16(13)23-7-5-15(24)19-17(23)25/h3-4,9,11,18H,5-8,10H2,1-2H3,(H,19,24,25)/t11-/m0/s1. The molecule has 1 aromatic heterocycles. The van der Waals surface area contributed by atoms with Gasteiger partial charge in [-0.25, -0.2) is 4.79 Å². The predicted octanol–water partition coefficient (Wildman–Crippen LogP) is 0.818. The molecule has 2 saturated heterocycles. The number of nitrogens with zero attached hydrogens (tertiary/aromatic N) is 4. The first-order valence-corrected chi connectivity index (χ1v) is 8.60. The van der Waals surface area contributed by atoms with Gasteiger partial charge in [0.1, 0.15) is 0 Å². The summed E-state index contributed by atoms with van der Waals surface area (Å²) in [6.07, 6.45) is 0.292. The summed E-state index contributed by atoms with van der Waals surface area (Å²) in [5.74, 6) is 0.360. The quantitative estimate of drug-likeness (QED) is 0.844. The van der Waals surface area contributed by atoms with Crippen molar-refractivity contribution < 1.29 is 9.59 Å². The summed E-state index contributed by atoms with van der Waals surface area (Å²) < 4.78 is 1.80. The molecule has 0 radical (unpaired) electrons. The van der Waals surface area contributed by atoms with Crippen LogP contribution in [-0.2, 0) is 11.8 Å². The van der Waals surface area contributed by atoms with Crippen LogP contribution in [0.3, 0.4) is 0 Å². The minimum Gasteiger partial charge on any atom is -0.366 e. The molecule has 0 aliphatic carbocycles. The topological polar surface area (TPSA) is 82.5 Å². The molecule has 2 N–H and O–H groups in total. The first kappa shape index (κ1) is 15.9. The van der Waals surface area contributed by atoms with Crippen LogP contribution in [0.15, 0.2) is 18.2 Å². The van der Waals surface area contributed by atoms with E-state index in [1.807, 2.05) is 13.1 Å². The lowest BCUT2D eigenvalue weighted by Crippen LogP contribution is -2.50. The summed E-state index contributed by atoms with van der Waals surface area (Å²) in [4.78, 5) is 27.4. The summed E-state index contributed by atoms with van der Waals surface area (Å²) in [6.45, 7) is 5.47. The van der Waals surface area contributed by atoms with Crippen LogP contribution in [-0.4, -0.2) is 53.9 Å². The average molecular weight is 342 g/mol. The van der Waals surface area contributed by atoms with Crippen LogP contribution in [0, 0.1) is 0 Å². The molecule has 0 bridgehead atoms. The third-order valence-corrected chi connectivity index (χ3v) is 4.96. The van der Waals surface area contributed by atoms with E-state index in [9.17, 15) is 9.59 Å². The third kappa shape index (κ3) is 2.72. The number of carbonyl (C=O) groups is 2. The van der Waals surface area contributed by atoms with E-state index >= 15 is 0 Å². The predicted molar refractivity (Wildman–Crippen MR) is 95.9 cm³/mol. The van der Waals surface area contributed by atoms with Crippen LogP contribution in [0.25, 0.3) is 10.9 Å². The SMILES string of the molecule is C[C@H]1CNCCN1c1ccc2c(N3CCC(=O)NC3=O)nn(C)c2c1. The molecule has 2 aliphatic heterocycles. The Labute approximate surface area is 145 Å². The van der Waals surface area contributed by atoms with Crippen molar-refractivity contribution in [3.05, 3.63) is 18.2 Å². The van der Waals surface area contributed by atoms with E-state index in [0.717, 1.165) is 36.2 Å². The molecule has 1 atom stereocenters. The summed E-state index contributed by atoms with van der Waals surface area (Å²) in [6, 6.07) is 6.25. The second-order valence-corrected chi connectivity index (χ2v) is 6.65. The highest BCUT2D eigenvalue weighted by Crippen LogP contribution is 2.31. The van der Waals surface area contributed by atoms with Crippen molar-refractivity contribution in [2.24, 2.45) is 7.05 Å². The number of carbonyl (C=O) groups excluding carboxylic acids is 2. The first-order chi connectivity index (χ1) is 12.0. The van der Waals surface area contributed by atoms with E-state index in [1.165, 1.54) is 4.90 Å². The number of benzene rings is 1. The van der Waals surface area contributed by atoms with Gasteiger partial charge < -0.3 is 10.2 Å². The molecule has 1 aromatic carbocycles. The molecule has 0 unspecified atom stereocenters. The minimum absolute atomic E-state index is 0.239. The molecular weight excluding hydrogens is 320 g/mol. The molecule has 2 aliphatic rings. The van der Waals surface area contributed by atoms with Crippen LogP contribution < -0.4 is 20.4 Å². The highest BCUT2D eigenvalue weighted by Gasteiger charge is 2.28. The number of imide groups is 1. The molecule has 4 rings (SSSR count). The maximum absolute atomic E-state index is 12.1. The minimum atomic E-state index is -0.406. The second kappa shape index (κ2) is 6.03. The van der Waals surface area contributed by atoms with Gasteiger partial charge in [-0.3, -0.25) is 19.7 Å². The molecule has 2 fully saturated rings. The van der Waals surface area contributed by atoms with Gasteiger partial charge in [-0.2, -0.15) is 5.10 Å². The Morgan fingerprint density at radius 3 is 2.84 bits per heavy atom. The lowest BCUT2D eigenvalue weighted by atomic mass is 10.1.